The largest absolute Gasteiger partial charge is 0.480 e. The van der Waals surface area contributed by atoms with Gasteiger partial charge in [0.15, 0.2) is 11.8 Å². The summed E-state index contributed by atoms with van der Waals surface area (Å²) in [5.41, 5.74) is -6.39. The molecule has 36 heavy (non-hydrogen) atoms. The van der Waals surface area contributed by atoms with Crippen LogP contribution in [0, 0.1) is 12.7 Å². The van der Waals surface area contributed by atoms with Gasteiger partial charge in [-0.25, -0.2) is 9.18 Å². The van der Waals surface area contributed by atoms with Crippen LogP contribution >= 0.6 is 0 Å². The summed E-state index contributed by atoms with van der Waals surface area (Å²) in [5.74, 6) is -3.63. The molecule has 0 saturated heterocycles. The molecule has 0 spiro atoms. The quantitative estimate of drug-likeness (QED) is 0.442. The van der Waals surface area contributed by atoms with Crippen LogP contribution in [0.5, 0.6) is 5.75 Å². The Kier molecular flexibility index (Phi) is 6.74. The lowest BCUT2D eigenvalue weighted by molar-refractivity contribution is -0.189. The molecule has 1 atom stereocenters. The van der Waals surface area contributed by atoms with Gasteiger partial charge in [0.2, 0.25) is 0 Å². The van der Waals surface area contributed by atoms with Crippen LogP contribution in [-0.4, -0.2) is 37.9 Å². The van der Waals surface area contributed by atoms with Gasteiger partial charge in [-0.2, -0.15) is 31.4 Å². The fourth-order valence-electron chi connectivity index (χ4n) is 2.96. The number of benzene rings is 1. The number of aromatic amines is 2. The van der Waals surface area contributed by atoms with E-state index in [9.17, 15) is 45.1 Å². The van der Waals surface area contributed by atoms with Gasteiger partial charge in [0.05, 0.1) is 22.6 Å². The predicted molar refractivity (Wildman–Crippen MR) is 110 cm³/mol. The predicted octanol–water partition coefficient (Wildman–Crippen LogP) is 3.51. The van der Waals surface area contributed by atoms with Crippen molar-refractivity contribution in [2.75, 3.05) is 5.32 Å². The Labute approximate surface area is 195 Å². The van der Waals surface area contributed by atoms with Crippen molar-refractivity contribution in [3.05, 3.63) is 61.8 Å². The first-order valence-corrected chi connectivity index (χ1v) is 9.81. The summed E-state index contributed by atoms with van der Waals surface area (Å²) < 4.78 is 99.4. The van der Waals surface area contributed by atoms with Gasteiger partial charge in [-0.15, -0.1) is 0 Å². The van der Waals surface area contributed by atoms with Crippen LogP contribution in [-0.2, 0) is 13.2 Å². The summed E-state index contributed by atoms with van der Waals surface area (Å²) in [6, 6.07) is 1.80. The Morgan fingerprint density at radius 2 is 1.78 bits per heavy atom. The van der Waals surface area contributed by atoms with Crippen LogP contribution in [0.25, 0.3) is 11.3 Å². The second-order valence-electron chi connectivity index (χ2n) is 7.53. The van der Waals surface area contributed by atoms with Gasteiger partial charge >= 0.3 is 18.0 Å². The number of halogens is 7. The number of anilines is 1. The Balaban J connectivity index is 2.15. The first kappa shape index (κ1) is 26.5. The summed E-state index contributed by atoms with van der Waals surface area (Å²) >= 11 is 0. The van der Waals surface area contributed by atoms with Crippen molar-refractivity contribution in [2.45, 2.75) is 32.3 Å². The van der Waals surface area contributed by atoms with E-state index < -0.39 is 75.4 Å². The number of alkyl halides is 6. The maximum absolute atomic E-state index is 15.0. The number of aryl methyl sites for hydroxylation is 1. The third kappa shape index (κ3) is 5.26. The van der Waals surface area contributed by atoms with E-state index in [-0.39, 0.29) is 5.69 Å². The standard InChI is InChI=1S/C20H16F7N5O4/c1-7-15(16(31-30-7)20(25,26)27)29-17(34)10-4-11(21)9(5-13(10)36-8(2)19(22,23)24)12-6-14(33)32(3)18(35)28-12/h4-6,8H,1-3H3,(H,28,35)(H,29,34)(H,30,31)/t8-/m0/s1. The third-order valence-corrected chi connectivity index (χ3v) is 4.98. The topological polar surface area (TPSA) is 122 Å². The molecule has 9 nitrogen and oxygen atoms in total. The molecule has 3 aromatic rings. The molecule has 1 amide bonds. The highest BCUT2D eigenvalue weighted by molar-refractivity contribution is 6.07. The molecule has 0 fully saturated rings. The fraction of sp³-hybridized carbons (Fsp3) is 0.300. The van der Waals surface area contributed by atoms with Crippen LogP contribution in [0.1, 0.15) is 28.7 Å². The maximum atomic E-state index is 15.0. The van der Waals surface area contributed by atoms with Gasteiger partial charge in [-0.1, -0.05) is 0 Å². The van der Waals surface area contributed by atoms with E-state index in [0.717, 1.165) is 20.0 Å². The Morgan fingerprint density at radius 1 is 1.14 bits per heavy atom. The zero-order chi connectivity index (χ0) is 27.2. The molecule has 0 aliphatic carbocycles. The monoisotopic (exact) mass is 523 g/mol. The molecular weight excluding hydrogens is 507 g/mol. The van der Waals surface area contributed by atoms with E-state index in [4.69, 9.17) is 4.74 Å². The number of hydrogen-bond donors (Lipinski definition) is 3. The first-order chi connectivity index (χ1) is 16.5. The lowest BCUT2D eigenvalue weighted by Crippen LogP contribution is -2.32. The smallest absolute Gasteiger partial charge is 0.434 e. The lowest BCUT2D eigenvalue weighted by Gasteiger charge is -2.21. The SMILES string of the molecule is Cc1n[nH]c(C(F)(F)F)c1NC(=O)c1cc(F)c(-c2cc(=O)n(C)c(=O)[nH]2)cc1O[C@@H](C)C(F)(F)F. The van der Waals surface area contributed by atoms with Crippen molar-refractivity contribution >= 4 is 11.6 Å². The van der Waals surface area contributed by atoms with Crippen molar-refractivity contribution in [1.82, 2.24) is 19.7 Å². The second kappa shape index (κ2) is 9.16. The number of nitrogens with zero attached hydrogens (tertiary/aromatic N) is 2. The zero-order valence-corrected chi connectivity index (χ0v) is 18.5. The highest BCUT2D eigenvalue weighted by atomic mass is 19.4. The van der Waals surface area contributed by atoms with Crippen molar-refractivity contribution in [3.8, 4) is 17.0 Å². The molecule has 0 unspecified atom stereocenters. The molecule has 2 heterocycles. The number of amides is 1. The molecule has 194 valence electrons. The molecule has 1 aromatic carbocycles. The summed E-state index contributed by atoms with van der Waals surface area (Å²) in [6.45, 7) is 1.69. The molecule has 16 heteroatoms. The van der Waals surface area contributed by atoms with E-state index in [1.54, 1.807) is 5.10 Å². The van der Waals surface area contributed by atoms with Gasteiger partial charge < -0.3 is 15.0 Å². The van der Waals surface area contributed by atoms with Crippen LogP contribution in [0.3, 0.4) is 0 Å². The third-order valence-electron chi connectivity index (χ3n) is 4.98. The number of rotatable bonds is 5. The minimum atomic E-state index is -4.98. The van der Waals surface area contributed by atoms with E-state index in [1.807, 2.05) is 5.32 Å². The average Bonchev–Trinajstić information content (AvgIpc) is 3.12. The molecule has 0 radical (unpaired) electrons. The minimum absolute atomic E-state index is 0.309. The number of aromatic nitrogens is 4. The summed E-state index contributed by atoms with van der Waals surface area (Å²) in [4.78, 5) is 38.7. The fourth-order valence-corrected chi connectivity index (χ4v) is 2.96. The molecule has 0 bridgehead atoms. The maximum Gasteiger partial charge on any atom is 0.434 e. The Bertz CT molecular complexity index is 1400. The van der Waals surface area contributed by atoms with E-state index in [2.05, 4.69) is 10.1 Å². The van der Waals surface area contributed by atoms with Crippen molar-refractivity contribution in [1.29, 1.82) is 0 Å². The average molecular weight is 523 g/mol. The second-order valence-corrected chi connectivity index (χ2v) is 7.53. The first-order valence-electron chi connectivity index (χ1n) is 9.81. The van der Waals surface area contributed by atoms with Crippen molar-refractivity contribution in [2.24, 2.45) is 7.05 Å². The van der Waals surface area contributed by atoms with Crippen LogP contribution in [0.4, 0.5) is 36.4 Å². The Hall–Kier alpha value is -4.11. The van der Waals surface area contributed by atoms with Crippen molar-refractivity contribution < 1.29 is 40.3 Å². The highest BCUT2D eigenvalue weighted by Crippen LogP contribution is 2.36. The van der Waals surface area contributed by atoms with Gasteiger partial charge in [0.25, 0.3) is 11.5 Å². The molecule has 3 rings (SSSR count). The summed E-state index contributed by atoms with van der Waals surface area (Å²) in [7, 11) is 1.11. The van der Waals surface area contributed by atoms with Gasteiger partial charge in [0.1, 0.15) is 11.6 Å². The summed E-state index contributed by atoms with van der Waals surface area (Å²) in [6.07, 6.45) is -12.5. The molecule has 0 saturated carbocycles. The lowest BCUT2D eigenvalue weighted by atomic mass is 10.1. The molecule has 0 aliphatic rings. The number of hydrogen-bond acceptors (Lipinski definition) is 5. The number of carbonyl (C=O) groups is 1. The van der Waals surface area contributed by atoms with E-state index in [1.165, 1.54) is 0 Å². The number of carbonyl (C=O) groups excluding carboxylic acids is 1. The number of ether oxygens (including phenoxy) is 1. The van der Waals surface area contributed by atoms with Crippen molar-refractivity contribution in [3.63, 3.8) is 0 Å². The zero-order valence-electron chi connectivity index (χ0n) is 18.5. The molecular formula is C20H16F7N5O4. The van der Waals surface area contributed by atoms with Gasteiger partial charge in [-0.3, -0.25) is 19.3 Å². The normalized spacial score (nSPS) is 12.9. The molecule has 0 aliphatic heterocycles. The van der Waals surface area contributed by atoms with E-state index >= 15 is 0 Å². The van der Waals surface area contributed by atoms with E-state index in [0.29, 0.717) is 23.6 Å². The number of nitrogens with one attached hydrogen (secondary N) is 3. The highest BCUT2D eigenvalue weighted by Gasteiger charge is 2.40. The van der Waals surface area contributed by atoms with Crippen LogP contribution < -0.4 is 21.3 Å². The Morgan fingerprint density at radius 3 is 2.33 bits per heavy atom. The minimum Gasteiger partial charge on any atom is -0.480 e. The molecule has 3 N–H and O–H groups in total. The molecule has 2 aromatic heterocycles. The summed E-state index contributed by atoms with van der Waals surface area (Å²) in [5, 5.41) is 6.89. The van der Waals surface area contributed by atoms with Gasteiger partial charge in [-0.05, 0) is 26.0 Å². The van der Waals surface area contributed by atoms with Crippen LogP contribution in [0.2, 0.25) is 0 Å². The number of H-pyrrole nitrogens is 2. The van der Waals surface area contributed by atoms with Crippen LogP contribution in [0.15, 0.2) is 27.8 Å². The van der Waals surface area contributed by atoms with Gasteiger partial charge in [0, 0.05) is 18.7 Å².